The maximum Gasteiger partial charge on any atom is 0.160 e. The minimum atomic E-state index is -0.417. The standard InChI is InChI=1S/C18H11ClFN3OS.C6H14N2/c19-14-3-1-2-4-16(14)22-17-5-11-8-21-23(18(11)7-15(17)20)12-6-13(9-24)25-10-12;1-7-6-3-4-8(2)5-6/h1-10,22H;6-7H,3-5H2,1-2H3/t;6-/m.0/s1. The van der Waals surface area contributed by atoms with E-state index in [1.54, 1.807) is 35.1 Å². The third-order valence-corrected chi connectivity index (χ3v) is 6.74. The lowest BCUT2D eigenvalue weighted by atomic mass is 10.2. The Morgan fingerprint density at radius 2 is 2.06 bits per heavy atom. The van der Waals surface area contributed by atoms with Gasteiger partial charge in [0.2, 0.25) is 0 Å². The number of carbonyl (C=O) groups is 1. The number of benzene rings is 2. The number of fused-ring (bicyclic) bond motifs is 1. The van der Waals surface area contributed by atoms with Gasteiger partial charge in [0.05, 0.1) is 38.7 Å². The van der Waals surface area contributed by atoms with Gasteiger partial charge < -0.3 is 15.5 Å². The van der Waals surface area contributed by atoms with Crippen LogP contribution in [-0.4, -0.2) is 54.2 Å². The lowest BCUT2D eigenvalue weighted by molar-refractivity contribution is 0.112. The third-order valence-electron chi connectivity index (χ3n) is 5.57. The van der Waals surface area contributed by atoms with E-state index < -0.39 is 5.82 Å². The van der Waals surface area contributed by atoms with Gasteiger partial charge in [-0.1, -0.05) is 23.7 Å². The first-order valence-electron chi connectivity index (χ1n) is 10.6. The molecular formula is C24H25ClFN5OS. The van der Waals surface area contributed by atoms with Crippen LogP contribution in [0.25, 0.3) is 16.6 Å². The highest BCUT2D eigenvalue weighted by atomic mass is 35.5. The van der Waals surface area contributed by atoms with Crippen molar-refractivity contribution in [1.82, 2.24) is 20.0 Å². The second-order valence-electron chi connectivity index (χ2n) is 7.91. The number of anilines is 2. The first-order valence-corrected chi connectivity index (χ1v) is 11.8. The molecule has 1 fully saturated rings. The third kappa shape index (κ3) is 5.42. The Kier molecular flexibility index (Phi) is 7.39. The fourth-order valence-corrected chi connectivity index (χ4v) is 4.60. The molecule has 5 rings (SSSR count). The minimum absolute atomic E-state index is 0.319. The van der Waals surface area contributed by atoms with Crippen molar-refractivity contribution in [1.29, 1.82) is 0 Å². The number of nitrogens with one attached hydrogen (secondary N) is 2. The van der Waals surface area contributed by atoms with Gasteiger partial charge in [0.15, 0.2) is 6.29 Å². The van der Waals surface area contributed by atoms with Crippen LogP contribution >= 0.6 is 22.9 Å². The van der Waals surface area contributed by atoms with Crippen LogP contribution in [0.3, 0.4) is 0 Å². The average molecular weight is 486 g/mol. The van der Waals surface area contributed by atoms with Gasteiger partial charge in [0, 0.05) is 29.4 Å². The van der Waals surface area contributed by atoms with E-state index >= 15 is 0 Å². The summed E-state index contributed by atoms with van der Waals surface area (Å²) in [5, 5.41) is 13.7. The van der Waals surface area contributed by atoms with Crippen molar-refractivity contribution in [2.75, 3.05) is 32.5 Å². The summed E-state index contributed by atoms with van der Waals surface area (Å²) in [5.41, 5.74) is 2.30. The van der Waals surface area contributed by atoms with Crippen LogP contribution in [0.5, 0.6) is 0 Å². The number of aldehydes is 1. The summed E-state index contributed by atoms with van der Waals surface area (Å²) in [6, 6.07) is 12.7. The molecule has 0 spiro atoms. The molecular weight excluding hydrogens is 461 g/mol. The normalized spacial score (nSPS) is 15.9. The van der Waals surface area contributed by atoms with Crippen molar-refractivity contribution in [3.05, 3.63) is 69.8 Å². The van der Waals surface area contributed by atoms with Gasteiger partial charge in [-0.25, -0.2) is 9.07 Å². The van der Waals surface area contributed by atoms with Crippen LogP contribution in [0.2, 0.25) is 5.02 Å². The fraction of sp³-hybridized carbons (Fsp3) is 0.250. The minimum Gasteiger partial charge on any atom is -0.352 e. The molecule has 3 heterocycles. The largest absolute Gasteiger partial charge is 0.352 e. The Labute approximate surface area is 201 Å². The first-order chi connectivity index (χ1) is 16.0. The number of hydrogen-bond donors (Lipinski definition) is 2. The number of nitrogens with zero attached hydrogens (tertiary/aromatic N) is 3. The molecule has 2 aromatic carbocycles. The van der Waals surface area contributed by atoms with Gasteiger partial charge in [0.25, 0.3) is 0 Å². The predicted molar refractivity (Wildman–Crippen MR) is 134 cm³/mol. The Morgan fingerprint density at radius 1 is 1.24 bits per heavy atom. The molecule has 2 N–H and O–H groups in total. The van der Waals surface area contributed by atoms with Crippen LogP contribution in [0.15, 0.2) is 54.0 Å². The van der Waals surface area contributed by atoms with E-state index in [1.165, 1.54) is 36.9 Å². The van der Waals surface area contributed by atoms with Gasteiger partial charge in [0.1, 0.15) is 5.82 Å². The van der Waals surface area contributed by atoms with Crippen LogP contribution in [0.1, 0.15) is 16.1 Å². The molecule has 0 aliphatic carbocycles. The van der Waals surface area contributed by atoms with E-state index in [9.17, 15) is 9.18 Å². The van der Waals surface area contributed by atoms with Crippen molar-refractivity contribution in [2.24, 2.45) is 0 Å². The van der Waals surface area contributed by atoms with E-state index in [-0.39, 0.29) is 0 Å². The number of hydrogen-bond acceptors (Lipinski definition) is 6. The van der Waals surface area contributed by atoms with Gasteiger partial charge in [-0.2, -0.15) is 5.10 Å². The summed E-state index contributed by atoms with van der Waals surface area (Å²) >= 11 is 7.43. The van der Waals surface area contributed by atoms with Crippen molar-refractivity contribution >= 4 is 51.5 Å². The summed E-state index contributed by atoms with van der Waals surface area (Å²) < 4.78 is 16.2. The van der Waals surface area contributed by atoms with E-state index in [0.29, 0.717) is 26.8 Å². The van der Waals surface area contributed by atoms with Crippen molar-refractivity contribution in [3.63, 3.8) is 0 Å². The Balaban J connectivity index is 0.000000275. The molecule has 0 saturated carbocycles. The second kappa shape index (κ2) is 10.4. The number of halogens is 2. The number of thiophene rings is 1. The molecule has 172 valence electrons. The highest BCUT2D eigenvalue weighted by Crippen LogP contribution is 2.30. The first kappa shape index (κ1) is 23.4. The summed E-state index contributed by atoms with van der Waals surface area (Å²) in [6.07, 6.45) is 3.75. The van der Waals surface area contributed by atoms with Crippen molar-refractivity contribution < 1.29 is 9.18 Å². The lowest BCUT2D eigenvalue weighted by Crippen LogP contribution is -2.27. The molecule has 1 aliphatic rings. The number of aromatic nitrogens is 2. The Bertz CT molecular complexity index is 1260. The molecule has 1 saturated heterocycles. The van der Waals surface area contributed by atoms with E-state index in [2.05, 4.69) is 27.7 Å². The lowest BCUT2D eigenvalue weighted by Gasteiger charge is -2.10. The van der Waals surface area contributed by atoms with Gasteiger partial charge in [-0.05, 0) is 51.3 Å². The summed E-state index contributed by atoms with van der Waals surface area (Å²) in [6.45, 7) is 2.47. The summed E-state index contributed by atoms with van der Waals surface area (Å²) in [5.74, 6) is -0.417. The molecule has 9 heteroatoms. The highest BCUT2D eigenvalue weighted by Gasteiger charge is 2.16. The molecule has 0 bridgehead atoms. The number of para-hydroxylation sites is 1. The molecule has 1 atom stereocenters. The van der Waals surface area contributed by atoms with Crippen LogP contribution < -0.4 is 10.6 Å². The number of likely N-dealkylation sites (tertiary alicyclic amines) is 1. The molecule has 0 unspecified atom stereocenters. The molecule has 0 radical (unpaired) electrons. The smallest absolute Gasteiger partial charge is 0.160 e. The van der Waals surface area contributed by atoms with E-state index in [4.69, 9.17) is 11.6 Å². The SMILES string of the molecule is CN[C@H]1CCN(C)C1.O=Cc1cc(-n2ncc3cc(Nc4ccccc4Cl)c(F)cc32)cs1. The zero-order chi connectivity index (χ0) is 23.4. The maximum atomic E-state index is 14.6. The zero-order valence-electron chi connectivity index (χ0n) is 18.4. The monoisotopic (exact) mass is 485 g/mol. The molecule has 1 aliphatic heterocycles. The number of rotatable bonds is 5. The maximum absolute atomic E-state index is 14.6. The van der Waals surface area contributed by atoms with Crippen molar-refractivity contribution in [3.8, 4) is 5.69 Å². The van der Waals surface area contributed by atoms with E-state index in [0.717, 1.165) is 23.4 Å². The molecule has 4 aromatic rings. The van der Waals surface area contributed by atoms with Gasteiger partial charge >= 0.3 is 0 Å². The van der Waals surface area contributed by atoms with Gasteiger partial charge in [-0.3, -0.25) is 4.79 Å². The van der Waals surface area contributed by atoms with E-state index in [1.807, 2.05) is 24.6 Å². The number of likely N-dealkylation sites (N-methyl/N-ethyl adjacent to an activating group) is 2. The van der Waals surface area contributed by atoms with Crippen LogP contribution in [0.4, 0.5) is 15.8 Å². The Morgan fingerprint density at radius 3 is 2.70 bits per heavy atom. The topological polar surface area (TPSA) is 62.2 Å². The summed E-state index contributed by atoms with van der Waals surface area (Å²) in [4.78, 5) is 13.8. The average Bonchev–Trinajstić information content (AvgIpc) is 3.55. The quantitative estimate of drug-likeness (QED) is 0.373. The van der Waals surface area contributed by atoms with Crippen molar-refractivity contribution in [2.45, 2.75) is 12.5 Å². The molecule has 0 amide bonds. The second-order valence-corrected chi connectivity index (χ2v) is 9.26. The molecule has 6 nitrogen and oxygen atoms in total. The molecule has 2 aromatic heterocycles. The Hall–Kier alpha value is -2.78. The summed E-state index contributed by atoms with van der Waals surface area (Å²) in [7, 11) is 4.20. The predicted octanol–water partition coefficient (Wildman–Crippen LogP) is 5.35. The molecule has 33 heavy (non-hydrogen) atoms. The zero-order valence-corrected chi connectivity index (χ0v) is 20.0. The van der Waals surface area contributed by atoms with Gasteiger partial charge in [-0.15, -0.1) is 11.3 Å². The van der Waals surface area contributed by atoms with Crippen LogP contribution in [0, 0.1) is 5.82 Å². The van der Waals surface area contributed by atoms with Crippen LogP contribution in [-0.2, 0) is 0 Å². The fourth-order valence-electron chi connectivity index (χ4n) is 3.74. The highest BCUT2D eigenvalue weighted by molar-refractivity contribution is 7.12. The number of carbonyl (C=O) groups excluding carboxylic acids is 1.